The lowest BCUT2D eigenvalue weighted by atomic mass is 10.1. The summed E-state index contributed by atoms with van der Waals surface area (Å²) >= 11 is 12.7. The molecule has 1 fully saturated rings. The van der Waals surface area contributed by atoms with Crippen LogP contribution in [0.5, 0.6) is 17.2 Å². The Morgan fingerprint density at radius 3 is 2.26 bits per heavy atom. The molecular formula is C26H21Cl2NO5S. The molecule has 1 aliphatic heterocycles. The zero-order valence-corrected chi connectivity index (χ0v) is 21.0. The van der Waals surface area contributed by atoms with Gasteiger partial charge in [-0.2, -0.15) is 0 Å². The van der Waals surface area contributed by atoms with Gasteiger partial charge in [-0.1, -0.05) is 41.4 Å². The molecule has 3 aromatic carbocycles. The van der Waals surface area contributed by atoms with Crippen LogP contribution in [0.15, 0.2) is 71.6 Å². The molecule has 4 rings (SSSR count). The molecular weight excluding hydrogens is 509 g/mol. The third-order valence-electron chi connectivity index (χ3n) is 5.06. The molecule has 0 bridgehead atoms. The lowest BCUT2D eigenvalue weighted by molar-refractivity contribution is -0.123. The Morgan fingerprint density at radius 2 is 1.57 bits per heavy atom. The van der Waals surface area contributed by atoms with Crippen molar-refractivity contribution in [1.29, 1.82) is 0 Å². The van der Waals surface area contributed by atoms with E-state index in [2.05, 4.69) is 0 Å². The molecule has 3 aromatic rings. The molecule has 0 spiro atoms. The first-order valence-electron chi connectivity index (χ1n) is 10.6. The largest absolute Gasteiger partial charge is 0.493 e. The molecule has 6 nitrogen and oxygen atoms in total. The second kappa shape index (κ2) is 11.5. The van der Waals surface area contributed by atoms with Crippen LogP contribution in [0.2, 0.25) is 10.0 Å². The van der Waals surface area contributed by atoms with Crippen molar-refractivity contribution in [2.75, 3.05) is 20.3 Å². The van der Waals surface area contributed by atoms with Gasteiger partial charge in [0.25, 0.3) is 11.1 Å². The summed E-state index contributed by atoms with van der Waals surface area (Å²) in [5.74, 6) is 1.33. The van der Waals surface area contributed by atoms with E-state index in [1.165, 1.54) is 4.90 Å². The number of carbonyl (C=O) groups excluding carboxylic acids is 2. The Labute approximate surface area is 217 Å². The van der Waals surface area contributed by atoms with Crippen molar-refractivity contribution in [1.82, 2.24) is 4.90 Å². The van der Waals surface area contributed by atoms with E-state index in [0.717, 1.165) is 17.3 Å². The average Bonchev–Trinajstić information content (AvgIpc) is 3.12. The lowest BCUT2D eigenvalue weighted by Gasteiger charge is -2.13. The van der Waals surface area contributed by atoms with E-state index in [4.69, 9.17) is 37.4 Å². The highest BCUT2D eigenvalue weighted by atomic mass is 35.5. The minimum absolute atomic E-state index is 0.142. The number of methoxy groups -OCH3 is 1. The van der Waals surface area contributed by atoms with Gasteiger partial charge in [0.05, 0.1) is 18.6 Å². The Kier molecular flexibility index (Phi) is 8.23. The molecule has 1 heterocycles. The molecule has 1 saturated heterocycles. The number of hydrogen-bond donors (Lipinski definition) is 0. The fourth-order valence-electron chi connectivity index (χ4n) is 3.27. The summed E-state index contributed by atoms with van der Waals surface area (Å²) < 4.78 is 17.0. The van der Waals surface area contributed by atoms with E-state index in [-0.39, 0.29) is 24.3 Å². The van der Waals surface area contributed by atoms with Crippen molar-refractivity contribution in [3.8, 4) is 17.2 Å². The van der Waals surface area contributed by atoms with Gasteiger partial charge in [0.2, 0.25) is 0 Å². The standard InChI is InChI=1S/C26H21Cl2NO5S/c1-32-22-11-4-18(14-23(22)34-16-17-2-5-19(27)6-3-17)15-24-25(30)29(26(31)35-24)12-13-33-21-9-7-20(28)8-10-21/h2-11,14-15H,12-13,16H2,1H3/b24-15-. The normalized spacial score (nSPS) is 14.5. The number of imide groups is 1. The highest BCUT2D eigenvalue weighted by Crippen LogP contribution is 2.35. The van der Waals surface area contributed by atoms with Gasteiger partial charge in [-0.05, 0) is 77.5 Å². The Morgan fingerprint density at radius 1 is 0.886 bits per heavy atom. The van der Waals surface area contributed by atoms with Crippen LogP contribution in [0, 0.1) is 0 Å². The summed E-state index contributed by atoms with van der Waals surface area (Å²) in [7, 11) is 1.56. The van der Waals surface area contributed by atoms with Crippen molar-refractivity contribution in [3.05, 3.63) is 92.8 Å². The van der Waals surface area contributed by atoms with Gasteiger partial charge in [0.15, 0.2) is 11.5 Å². The second-order valence-electron chi connectivity index (χ2n) is 7.46. The number of benzene rings is 3. The SMILES string of the molecule is COc1ccc(/C=C2\SC(=O)N(CCOc3ccc(Cl)cc3)C2=O)cc1OCc1ccc(Cl)cc1. The maximum atomic E-state index is 12.8. The van der Waals surface area contributed by atoms with Gasteiger partial charge in [-0.25, -0.2) is 0 Å². The molecule has 1 aliphatic rings. The summed E-state index contributed by atoms with van der Waals surface area (Å²) in [5, 5.41) is 0.915. The van der Waals surface area contributed by atoms with Crippen LogP contribution in [0.25, 0.3) is 6.08 Å². The van der Waals surface area contributed by atoms with Gasteiger partial charge in [0, 0.05) is 10.0 Å². The van der Waals surface area contributed by atoms with E-state index < -0.39 is 0 Å². The number of halogens is 2. The molecule has 0 radical (unpaired) electrons. The Hall–Kier alpha value is -3.13. The van der Waals surface area contributed by atoms with Gasteiger partial charge < -0.3 is 14.2 Å². The molecule has 180 valence electrons. The number of thioether (sulfide) groups is 1. The van der Waals surface area contributed by atoms with Crippen LogP contribution in [0.3, 0.4) is 0 Å². The first-order valence-corrected chi connectivity index (χ1v) is 12.2. The van der Waals surface area contributed by atoms with E-state index in [0.29, 0.717) is 44.4 Å². The number of nitrogens with zero attached hydrogens (tertiary/aromatic N) is 1. The smallest absolute Gasteiger partial charge is 0.293 e. The molecule has 0 aromatic heterocycles. The van der Waals surface area contributed by atoms with E-state index in [9.17, 15) is 9.59 Å². The van der Waals surface area contributed by atoms with Gasteiger partial charge in [0.1, 0.15) is 19.0 Å². The van der Waals surface area contributed by atoms with E-state index in [1.54, 1.807) is 67.8 Å². The maximum absolute atomic E-state index is 12.8. The zero-order valence-electron chi connectivity index (χ0n) is 18.7. The second-order valence-corrected chi connectivity index (χ2v) is 9.33. The number of rotatable bonds is 9. The average molecular weight is 530 g/mol. The van der Waals surface area contributed by atoms with Gasteiger partial charge in [-0.3, -0.25) is 14.5 Å². The van der Waals surface area contributed by atoms with Crippen LogP contribution in [0.1, 0.15) is 11.1 Å². The molecule has 0 unspecified atom stereocenters. The number of amides is 2. The highest BCUT2D eigenvalue weighted by molar-refractivity contribution is 8.18. The summed E-state index contributed by atoms with van der Waals surface area (Å²) in [6.45, 7) is 0.641. The van der Waals surface area contributed by atoms with Crippen LogP contribution in [-0.2, 0) is 11.4 Å². The Bertz CT molecular complexity index is 1250. The molecule has 0 atom stereocenters. The summed E-state index contributed by atoms with van der Waals surface area (Å²) in [6.07, 6.45) is 1.67. The molecule has 35 heavy (non-hydrogen) atoms. The quantitative estimate of drug-likeness (QED) is 0.287. The minimum Gasteiger partial charge on any atom is -0.493 e. The summed E-state index contributed by atoms with van der Waals surface area (Å²) in [4.78, 5) is 26.8. The monoisotopic (exact) mass is 529 g/mol. The number of carbonyl (C=O) groups is 2. The summed E-state index contributed by atoms with van der Waals surface area (Å²) in [5.41, 5.74) is 1.66. The van der Waals surface area contributed by atoms with Crippen LogP contribution < -0.4 is 14.2 Å². The van der Waals surface area contributed by atoms with Crippen molar-refractivity contribution in [2.45, 2.75) is 6.61 Å². The fourth-order valence-corrected chi connectivity index (χ4v) is 4.38. The predicted molar refractivity (Wildman–Crippen MR) is 138 cm³/mol. The minimum atomic E-state index is -0.362. The van der Waals surface area contributed by atoms with E-state index >= 15 is 0 Å². The van der Waals surface area contributed by atoms with Gasteiger partial charge in [-0.15, -0.1) is 0 Å². The zero-order chi connectivity index (χ0) is 24.8. The molecule has 9 heteroatoms. The highest BCUT2D eigenvalue weighted by Gasteiger charge is 2.34. The topological polar surface area (TPSA) is 65.1 Å². The first-order chi connectivity index (χ1) is 16.9. The van der Waals surface area contributed by atoms with Crippen LogP contribution in [-0.4, -0.2) is 36.3 Å². The van der Waals surface area contributed by atoms with Crippen LogP contribution >= 0.6 is 35.0 Å². The third kappa shape index (κ3) is 6.51. The van der Waals surface area contributed by atoms with Crippen molar-refractivity contribution < 1.29 is 23.8 Å². The van der Waals surface area contributed by atoms with Crippen molar-refractivity contribution in [2.24, 2.45) is 0 Å². The molecule has 0 N–H and O–H groups in total. The molecule has 0 saturated carbocycles. The predicted octanol–water partition coefficient (Wildman–Crippen LogP) is 6.70. The number of hydrogen-bond acceptors (Lipinski definition) is 6. The molecule has 2 amide bonds. The lowest BCUT2D eigenvalue weighted by Crippen LogP contribution is -2.32. The van der Waals surface area contributed by atoms with Crippen molar-refractivity contribution in [3.63, 3.8) is 0 Å². The maximum Gasteiger partial charge on any atom is 0.293 e. The van der Waals surface area contributed by atoms with Crippen molar-refractivity contribution >= 4 is 52.2 Å². The summed E-state index contributed by atoms with van der Waals surface area (Å²) in [6, 6.07) is 19.6. The van der Waals surface area contributed by atoms with Gasteiger partial charge >= 0.3 is 0 Å². The third-order valence-corrected chi connectivity index (χ3v) is 6.48. The van der Waals surface area contributed by atoms with Crippen LogP contribution in [0.4, 0.5) is 4.79 Å². The molecule has 0 aliphatic carbocycles. The first kappa shape index (κ1) is 25.0. The fraction of sp³-hybridized carbons (Fsp3) is 0.154. The van der Waals surface area contributed by atoms with E-state index in [1.807, 2.05) is 12.1 Å². The Balaban J connectivity index is 1.41. The number of ether oxygens (including phenoxy) is 3.